The largest absolute Gasteiger partial charge is 0.497 e. The monoisotopic (exact) mass is 431 g/mol. The molecule has 0 amide bonds. The van der Waals surface area contributed by atoms with Gasteiger partial charge in [-0.15, -0.1) is 11.3 Å². The van der Waals surface area contributed by atoms with Gasteiger partial charge < -0.3 is 24.6 Å². The van der Waals surface area contributed by atoms with E-state index in [1.807, 2.05) is 12.1 Å². The van der Waals surface area contributed by atoms with Crippen LogP contribution in [0.1, 0.15) is 27.2 Å². The molecule has 1 N–H and O–H groups in total. The number of hydrogen-bond acceptors (Lipinski definition) is 6. The number of hydrogen-bond donors (Lipinski definition) is 1. The number of piperazine rings is 1. The van der Waals surface area contributed by atoms with E-state index in [0.717, 1.165) is 67.4 Å². The molecule has 0 bridgehead atoms. The van der Waals surface area contributed by atoms with E-state index < -0.39 is 0 Å². The molecule has 0 atom stereocenters. The average Bonchev–Trinajstić information content (AvgIpc) is 3.34. The topological polar surface area (TPSA) is 54.0 Å². The highest BCUT2D eigenvalue weighted by Gasteiger charge is 2.28. The van der Waals surface area contributed by atoms with Crippen molar-refractivity contribution < 1.29 is 14.3 Å². The molecule has 0 saturated carbocycles. The van der Waals surface area contributed by atoms with Crippen LogP contribution in [-0.4, -0.2) is 56.4 Å². The Morgan fingerprint density at radius 1 is 1.17 bits per heavy atom. The number of rotatable bonds is 4. The van der Waals surface area contributed by atoms with Gasteiger partial charge in [0.15, 0.2) is 5.11 Å². The number of fused-ring (bicyclic) bond motifs is 1. The highest BCUT2D eigenvalue weighted by Crippen LogP contribution is 2.39. The zero-order valence-corrected chi connectivity index (χ0v) is 18.3. The zero-order valence-electron chi connectivity index (χ0n) is 16.7. The Kier molecular flexibility index (Phi) is 5.91. The Morgan fingerprint density at radius 3 is 2.69 bits per heavy atom. The molecule has 1 fully saturated rings. The molecule has 0 spiro atoms. The summed E-state index contributed by atoms with van der Waals surface area (Å²) >= 11 is 7.31. The quantitative estimate of drug-likeness (QED) is 0.587. The summed E-state index contributed by atoms with van der Waals surface area (Å²) < 4.78 is 10.4. The van der Waals surface area contributed by atoms with Gasteiger partial charge in [0.2, 0.25) is 0 Å². The Balaban J connectivity index is 1.41. The molecule has 1 aromatic carbocycles. The van der Waals surface area contributed by atoms with Crippen molar-refractivity contribution >= 4 is 45.3 Å². The predicted molar refractivity (Wildman–Crippen MR) is 121 cm³/mol. The van der Waals surface area contributed by atoms with Gasteiger partial charge >= 0.3 is 5.97 Å². The van der Waals surface area contributed by atoms with Crippen molar-refractivity contribution in [2.45, 2.75) is 19.3 Å². The number of anilines is 2. The highest BCUT2D eigenvalue weighted by atomic mass is 32.1. The van der Waals surface area contributed by atoms with E-state index in [2.05, 4.69) is 27.2 Å². The van der Waals surface area contributed by atoms with E-state index in [0.29, 0.717) is 10.7 Å². The lowest BCUT2D eigenvalue weighted by molar-refractivity contribution is 0.0601. The number of thiophene rings is 1. The zero-order chi connectivity index (χ0) is 20.4. The third-order valence-electron chi connectivity index (χ3n) is 5.52. The third-order valence-corrected chi connectivity index (χ3v) is 7.08. The van der Waals surface area contributed by atoms with E-state index >= 15 is 0 Å². The van der Waals surface area contributed by atoms with Gasteiger partial charge in [0.1, 0.15) is 10.8 Å². The summed E-state index contributed by atoms with van der Waals surface area (Å²) in [6.07, 6.45) is 3.06. The lowest BCUT2D eigenvalue weighted by Gasteiger charge is -2.37. The lowest BCUT2D eigenvalue weighted by atomic mass is 10.1. The van der Waals surface area contributed by atoms with Crippen LogP contribution < -0.4 is 15.0 Å². The molecule has 2 heterocycles. The van der Waals surface area contributed by atoms with Crippen molar-refractivity contribution in [1.29, 1.82) is 0 Å². The summed E-state index contributed by atoms with van der Waals surface area (Å²) in [6, 6.07) is 8.12. The maximum Gasteiger partial charge on any atom is 0.341 e. The molecule has 2 aliphatic rings. The molecule has 1 aliphatic carbocycles. The number of methoxy groups -OCH3 is 2. The number of nitrogens with one attached hydrogen (secondary N) is 1. The summed E-state index contributed by atoms with van der Waals surface area (Å²) in [7, 11) is 3.12. The minimum Gasteiger partial charge on any atom is -0.497 e. The number of thiocarbonyl (C=S) groups is 1. The molecule has 1 saturated heterocycles. The standard InChI is InChI=1S/C21H25N3O3S2/c1-26-15-6-3-5-14(13-15)23-9-11-24(12-10-23)21(28)22-19-18(20(25)27-2)16-7-4-8-17(16)29-19/h3,5-6,13H,4,7-12H2,1-2H3,(H,22,28). The summed E-state index contributed by atoms with van der Waals surface area (Å²) in [5.74, 6) is 0.584. The van der Waals surface area contributed by atoms with Crippen LogP contribution in [-0.2, 0) is 17.6 Å². The number of esters is 1. The third kappa shape index (κ3) is 4.04. The number of benzene rings is 1. The number of ether oxygens (including phenoxy) is 2. The molecule has 6 nitrogen and oxygen atoms in total. The Hall–Kier alpha value is -2.32. The van der Waals surface area contributed by atoms with Crippen molar-refractivity contribution in [3.05, 3.63) is 40.3 Å². The molecular formula is C21H25N3O3S2. The Labute approximate surface area is 180 Å². The molecule has 8 heteroatoms. The average molecular weight is 432 g/mol. The molecule has 0 radical (unpaired) electrons. The van der Waals surface area contributed by atoms with Crippen LogP contribution in [0.4, 0.5) is 10.7 Å². The van der Waals surface area contributed by atoms with Crippen molar-refractivity contribution in [1.82, 2.24) is 4.90 Å². The van der Waals surface area contributed by atoms with Crippen LogP contribution in [0.2, 0.25) is 0 Å². The summed E-state index contributed by atoms with van der Waals surface area (Å²) in [6.45, 7) is 3.39. The summed E-state index contributed by atoms with van der Waals surface area (Å²) in [5.41, 5.74) is 2.96. The van der Waals surface area contributed by atoms with E-state index in [1.54, 1.807) is 18.4 Å². The second kappa shape index (κ2) is 8.59. The molecule has 1 aromatic heterocycles. The molecular weight excluding hydrogens is 406 g/mol. The minimum absolute atomic E-state index is 0.280. The van der Waals surface area contributed by atoms with Crippen LogP contribution in [0.25, 0.3) is 0 Å². The first-order valence-electron chi connectivity index (χ1n) is 9.78. The van der Waals surface area contributed by atoms with Crippen LogP contribution in [0.5, 0.6) is 5.75 Å². The fourth-order valence-electron chi connectivity index (χ4n) is 3.96. The lowest BCUT2D eigenvalue weighted by Crippen LogP contribution is -2.50. The van der Waals surface area contributed by atoms with Crippen molar-refractivity contribution in [2.75, 3.05) is 50.6 Å². The molecule has 4 rings (SSSR count). The second-order valence-electron chi connectivity index (χ2n) is 7.16. The molecule has 2 aromatic rings. The van der Waals surface area contributed by atoms with Gasteiger partial charge in [-0.25, -0.2) is 4.79 Å². The Bertz CT molecular complexity index is 920. The first kappa shape index (κ1) is 20.0. The van der Waals surface area contributed by atoms with E-state index in [-0.39, 0.29) is 5.97 Å². The van der Waals surface area contributed by atoms with Crippen molar-refractivity contribution in [2.24, 2.45) is 0 Å². The van der Waals surface area contributed by atoms with Gasteiger partial charge in [-0.2, -0.15) is 0 Å². The molecule has 1 aliphatic heterocycles. The maximum absolute atomic E-state index is 12.3. The van der Waals surface area contributed by atoms with Gasteiger partial charge in [-0.3, -0.25) is 0 Å². The van der Waals surface area contributed by atoms with Crippen LogP contribution >= 0.6 is 23.6 Å². The summed E-state index contributed by atoms with van der Waals surface area (Å²) in [5, 5.41) is 4.82. The SMILES string of the molecule is COC(=O)c1c(NC(=S)N2CCN(c3cccc(OC)c3)CC2)sc2c1CCC2. The van der Waals surface area contributed by atoms with E-state index in [4.69, 9.17) is 21.7 Å². The minimum atomic E-state index is -0.280. The van der Waals surface area contributed by atoms with Gasteiger partial charge in [0.05, 0.1) is 19.8 Å². The first-order valence-corrected chi connectivity index (χ1v) is 11.0. The molecule has 154 valence electrons. The normalized spacial score (nSPS) is 15.8. The van der Waals surface area contributed by atoms with Gasteiger partial charge in [-0.1, -0.05) is 6.07 Å². The Morgan fingerprint density at radius 2 is 1.97 bits per heavy atom. The van der Waals surface area contributed by atoms with Crippen molar-refractivity contribution in [3.8, 4) is 5.75 Å². The van der Waals surface area contributed by atoms with E-state index in [1.165, 1.54) is 12.0 Å². The smallest absolute Gasteiger partial charge is 0.341 e. The molecule has 29 heavy (non-hydrogen) atoms. The maximum atomic E-state index is 12.3. The predicted octanol–water partition coefficient (Wildman–Crippen LogP) is 3.55. The fraction of sp³-hybridized carbons (Fsp3) is 0.429. The fourth-order valence-corrected chi connectivity index (χ4v) is 5.59. The van der Waals surface area contributed by atoms with Gasteiger partial charge in [-0.05, 0) is 49.2 Å². The molecule has 0 unspecified atom stereocenters. The van der Waals surface area contributed by atoms with Gasteiger partial charge in [0, 0.05) is 42.8 Å². The number of aryl methyl sites for hydroxylation is 1. The number of carbonyl (C=O) groups is 1. The van der Waals surface area contributed by atoms with Gasteiger partial charge in [0.25, 0.3) is 0 Å². The highest BCUT2D eigenvalue weighted by molar-refractivity contribution is 7.80. The summed E-state index contributed by atoms with van der Waals surface area (Å²) in [4.78, 5) is 18.1. The second-order valence-corrected chi connectivity index (χ2v) is 8.65. The van der Waals surface area contributed by atoms with Crippen LogP contribution in [0.3, 0.4) is 0 Å². The van der Waals surface area contributed by atoms with E-state index in [9.17, 15) is 4.79 Å². The van der Waals surface area contributed by atoms with Crippen LogP contribution in [0, 0.1) is 0 Å². The van der Waals surface area contributed by atoms with Crippen molar-refractivity contribution in [3.63, 3.8) is 0 Å². The number of nitrogens with zero attached hydrogens (tertiary/aromatic N) is 2. The van der Waals surface area contributed by atoms with Crippen LogP contribution in [0.15, 0.2) is 24.3 Å². The first-order chi connectivity index (χ1) is 14.1. The number of carbonyl (C=O) groups excluding carboxylic acids is 1.